The van der Waals surface area contributed by atoms with E-state index < -0.39 is 5.91 Å². The minimum absolute atomic E-state index is 0.0222. The van der Waals surface area contributed by atoms with Crippen molar-refractivity contribution >= 4 is 40.9 Å². The van der Waals surface area contributed by atoms with E-state index in [0.29, 0.717) is 56.1 Å². The number of nitrogens with one attached hydrogen (secondary N) is 2. The summed E-state index contributed by atoms with van der Waals surface area (Å²) < 4.78 is 6.96. The Morgan fingerprint density at radius 3 is 2.45 bits per heavy atom. The number of aromatic nitrogens is 4. The Morgan fingerprint density at radius 2 is 1.70 bits per heavy atom. The lowest BCUT2D eigenvalue weighted by atomic mass is 10.1. The summed E-state index contributed by atoms with van der Waals surface area (Å²) >= 11 is 0. The fourth-order valence-corrected chi connectivity index (χ4v) is 5.04. The number of rotatable bonds is 7. The Bertz CT molecular complexity index is 1500. The van der Waals surface area contributed by atoms with Crippen LogP contribution >= 0.6 is 0 Å². The van der Waals surface area contributed by atoms with Crippen LogP contribution in [0.2, 0.25) is 0 Å². The number of nitrogens with two attached hydrogens (primary N) is 1. The molecule has 4 heterocycles. The van der Waals surface area contributed by atoms with E-state index in [2.05, 4.69) is 37.6 Å². The molecule has 0 bridgehead atoms. The largest absolute Gasteiger partial charge is 0.381 e. The van der Waals surface area contributed by atoms with Gasteiger partial charge in [-0.2, -0.15) is 9.97 Å². The first kappa shape index (κ1) is 25.6. The number of morpholine rings is 1. The highest BCUT2D eigenvalue weighted by molar-refractivity contribution is 5.94. The number of ether oxygens (including phenoxy) is 1. The van der Waals surface area contributed by atoms with Crippen LogP contribution in [-0.4, -0.2) is 81.5 Å². The van der Waals surface area contributed by atoms with Crippen molar-refractivity contribution in [1.82, 2.24) is 24.3 Å². The van der Waals surface area contributed by atoms with E-state index in [0.717, 1.165) is 30.8 Å². The van der Waals surface area contributed by atoms with E-state index in [9.17, 15) is 9.59 Å². The SMILES string of the molecule is NC(=O)c1cn2c(Nc3ccc(C(=O)N4CCOCC4)cc3)nc(N3CCCC(Nc4ccccc4)C3)nc2n1. The highest BCUT2D eigenvalue weighted by atomic mass is 16.5. The molecular weight excluding hydrogens is 510 g/mol. The predicted molar refractivity (Wildman–Crippen MR) is 151 cm³/mol. The highest BCUT2D eigenvalue weighted by Gasteiger charge is 2.24. The third-order valence-corrected chi connectivity index (χ3v) is 7.11. The molecule has 1 atom stereocenters. The number of nitrogens with zero attached hydrogens (tertiary/aromatic N) is 6. The molecule has 4 N–H and O–H groups in total. The van der Waals surface area contributed by atoms with Gasteiger partial charge in [-0.3, -0.25) is 14.0 Å². The number of hydrogen-bond donors (Lipinski definition) is 3. The van der Waals surface area contributed by atoms with Gasteiger partial charge in [0, 0.05) is 55.4 Å². The molecule has 2 aromatic carbocycles. The second-order valence-corrected chi connectivity index (χ2v) is 9.91. The molecule has 2 aliphatic rings. The lowest BCUT2D eigenvalue weighted by Gasteiger charge is -2.33. The third kappa shape index (κ3) is 5.52. The van der Waals surface area contributed by atoms with Crippen molar-refractivity contribution in [2.45, 2.75) is 18.9 Å². The third-order valence-electron chi connectivity index (χ3n) is 7.11. The van der Waals surface area contributed by atoms with Crippen LogP contribution in [0.3, 0.4) is 0 Å². The summed E-state index contributed by atoms with van der Waals surface area (Å²) in [5, 5.41) is 6.90. The summed E-state index contributed by atoms with van der Waals surface area (Å²) in [6.07, 6.45) is 3.53. The molecule has 0 saturated carbocycles. The average molecular weight is 542 g/mol. The van der Waals surface area contributed by atoms with Gasteiger partial charge in [0.2, 0.25) is 17.7 Å². The summed E-state index contributed by atoms with van der Waals surface area (Å²) in [7, 11) is 0. The van der Waals surface area contributed by atoms with Crippen molar-refractivity contribution in [3.63, 3.8) is 0 Å². The molecule has 40 heavy (non-hydrogen) atoms. The van der Waals surface area contributed by atoms with Gasteiger partial charge in [0.1, 0.15) is 5.69 Å². The first-order valence-corrected chi connectivity index (χ1v) is 13.4. The predicted octanol–water partition coefficient (Wildman–Crippen LogP) is 2.52. The standard InChI is InChI=1S/C28H31N9O3/c29-24(38)23-18-37-27(31-21-10-8-19(9-11-21)25(39)35-13-15-40-16-14-35)33-26(34-28(37)32-23)36-12-4-7-22(17-36)30-20-5-2-1-3-6-20/h1-3,5-6,8-11,18,22,30H,4,7,12-17H2,(H2,29,38)(H,31,32,33,34). The molecule has 6 rings (SSSR count). The monoisotopic (exact) mass is 541 g/mol. The van der Waals surface area contributed by atoms with Crippen molar-refractivity contribution in [3.05, 3.63) is 72.1 Å². The molecule has 0 radical (unpaired) electrons. The van der Waals surface area contributed by atoms with Crippen molar-refractivity contribution in [3.8, 4) is 0 Å². The number of benzene rings is 2. The molecule has 2 fully saturated rings. The zero-order chi connectivity index (χ0) is 27.5. The van der Waals surface area contributed by atoms with Gasteiger partial charge < -0.3 is 30.9 Å². The van der Waals surface area contributed by atoms with Gasteiger partial charge in [0.15, 0.2) is 0 Å². The molecular formula is C28H31N9O3. The average Bonchev–Trinajstić information content (AvgIpc) is 3.44. The Labute approximate surface area is 231 Å². The van der Waals surface area contributed by atoms with Crippen LogP contribution in [0, 0.1) is 0 Å². The normalized spacial score (nSPS) is 17.6. The lowest BCUT2D eigenvalue weighted by Crippen LogP contribution is -2.43. The van der Waals surface area contributed by atoms with E-state index in [4.69, 9.17) is 15.5 Å². The first-order valence-electron chi connectivity index (χ1n) is 13.4. The number of carbonyl (C=O) groups excluding carboxylic acids is 2. The Morgan fingerprint density at radius 1 is 0.925 bits per heavy atom. The van der Waals surface area contributed by atoms with Gasteiger partial charge in [-0.05, 0) is 49.2 Å². The van der Waals surface area contributed by atoms with Crippen LogP contribution in [0.4, 0.5) is 23.3 Å². The van der Waals surface area contributed by atoms with Crippen molar-refractivity contribution in [2.75, 3.05) is 54.9 Å². The van der Waals surface area contributed by atoms with Gasteiger partial charge in [0.25, 0.3) is 11.8 Å². The lowest BCUT2D eigenvalue weighted by molar-refractivity contribution is 0.0303. The molecule has 2 amide bonds. The maximum Gasteiger partial charge on any atom is 0.268 e. The van der Waals surface area contributed by atoms with Crippen LogP contribution in [0.25, 0.3) is 5.78 Å². The van der Waals surface area contributed by atoms with Gasteiger partial charge in [-0.25, -0.2) is 4.98 Å². The van der Waals surface area contributed by atoms with Gasteiger partial charge in [-0.15, -0.1) is 0 Å². The van der Waals surface area contributed by atoms with Crippen LogP contribution < -0.4 is 21.3 Å². The number of carbonyl (C=O) groups is 2. The highest BCUT2D eigenvalue weighted by Crippen LogP contribution is 2.24. The van der Waals surface area contributed by atoms with E-state index in [1.165, 1.54) is 6.20 Å². The maximum absolute atomic E-state index is 12.8. The molecule has 206 valence electrons. The minimum Gasteiger partial charge on any atom is -0.381 e. The fourth-order valence-electron chi connectivity index (χ4n) is 5.04. The van der Waals surface area contributed by atoms with Crippen molar-refractivity contribution in [1.29, 1.82) is 0 Å². The van der Waals surface area contributed by atoms with Gasteiger partial charge in [-0.1, -0.05) is 18.2 Å². The maximum atomic E-state index is 12.8. The number of hydrogen-bond acceptors (Lipinski definition) is 9. The van der Waals surface area contributed by atoms with E-state index >= 15 is 0 Å². The molecule has 4 aromatic rings. The van der Waals surface area contributed by atoms with Gasteiger partial charge in [0.05, 0.1) is 13.2 Å². The van der Waals surface area contributed by atoms with E-state index in [1.54, 1.807) is 21.4 Å². The number of amides is 2. The summed E-state index contributed by atoms with van der Waals surface area (Å²) in [6, 6.07) is 17.6. The fraction of sp³-hybridized carbons (Fsp3) is 0.321. The van der Waals surface area contributed by atoms with Crippen LogP contribution in [-0.2, 0) is 4.74 Å². The first-order chi connectivity index (χ1) is 19.5. The molecule has 2 saturated heterocycles. The molecule has 0 spiro atoms. The second-order valence-electron chi connectivity index (χ2n) is 9.91. The molecule has 2 aliphatic heterocycles. The summed E-state index contributed by atoms with van der Waals surface area (Å²) in [5.74, 6) is 0.597. The summed E-state index contributed by atoms with van der Waals surface area (Å²) in [5.41, 5.74) is 8.01. The quantitative estimate of drug-likeness (QED) is 0.322. The molecule has 2 aromatic heterocycles. The molecule has 1 unspecified atom stereocenters. The van der Waals surface area contributed by atoms with Gasteiger partial charge >= 0.3 is 0 Å². The number of imidazole rings is 1. The van der Waals surface area contributed by atoms with E-state index in [-0.39, 0.29) is 17.6 Å². The van der Waals surface area contributed by atoms with E-state index in [1.807, 2.05) is 30.3 Å². The molecule has 0 aliphatic carbocycles. The minimum atomic E-state index is -0.644. The van der Waals surface area contributed by atoms with Crippen LogP contribution in [0.15, 0.2) is 60.8 Å². The number of fused-ring (bicyclic) bond motifs is 1. The summed E-state index contributed by atoms with van der Waals surface area (Å²) in [4.78, 5) is 42.5. The smallest absolute Gasteiger partial charge is 0.268 e. The zero-order valence-corrected chi connectivity index (χ0v) is 22.0. The van der Waals surface area contributed by atoms with Crippen molar-refractivity contribution in [2.24, 2.45) is 5.73 Å². The van der Waals surface area contributed by atoms with Crippen molar-refractivity contribution < 1.29 is 14.3 Å². The molecule has 12 heteroatoms. The number of para-hydroxylation sites is 1. The second kappa shape index (κ2) is 11.2. The number of anilines is 4. The van der Waals surface area contributed by atoms with Crippen LogP contribution in [0.1, 0.15) is 33.7 Å². The number of primary amides is 1. The Kier molecular flexibility index (Phi) is 7.15. The van der Waals surface area contributed by atoms with Crippen LogP contribution in [0.5, 0.6) is 0 Å². The topological polar surface area (TPSA) is 143 Å². The summed E-state index contributed by atoms with van der Waals surface area (Å²) in [6.45, 7) is 3.78. The zero-order valence-electron chi connectivity index (χ0n) is 22.0. The Hall–Kier alpha value is -4.71. The molecule has 12 nitrogen and oxygen atoms in total. The Balaban J connectivity index is 1.25. The number of piperidine rings is 1.